The van der Waals surface area contributed by atoms with Gasteiger partial charge in [0.05, 0.1) is 23.4 Å². The lowest BCUT2D eigenvalue weighted by molar-refractivity contribution is -0.120. The molecule has 0 saturated heterocycles. The second-order valence-electron chi connectivity index (χ2n) is 7.47. The molecular formula is C25H20ClFN2O3. The van der Waals surface area contributed by atoms with Crippen molar-refractivity contribution in [2.45, 2.75) is 13.8 Å². The molecule has 0 bridgehead atoms. The normalized spacial score (nSPS) is 13.7. The molecule has 3 aromatic rings. The van der Waals surface area contributed by atoms with Crippen LogP contribution in [0.1, 0.15) is 16.7 Å². The highest BCUT2D eigenvalue weighted by molar-refractivity contribution is 6.46. The number of halogens is 2. The summed E-state index contributed by atoms with van der Waals surface area (Å²) in [5.74, 6) is -1.17. The molecule has 162 valence electrons. The Hall–Kier alpha value is -3.64. The number of nitrogens with one attached hydrogen (secondary N) is 1. The highest BCUT2D eigenvalue weighted by Gasteiger charge is 2.40. The molecular weight excluding hydrogens is 431 g/mol. The number of ether oxygens (including phenoxy) is 1. The van der Waals surface area contributed by atoms with Gasteiger partial charge in [-0.25, -0.2) is 9.29 Å². The van der Waals surface area contributed by atoms with Crippen molar-refractivity contribution in [1.82, 2.24) is 0 Å². The van der Waals surface area contributed by atoms with E-state index < -0.39 is 17.6 Å². The van der Waals surface area contributed by atoms with E-state index in [9.17, 15) is 14.0 Å². The predicted molar refractivity (Wildman–Crippen MR) is 123 cm³/mol. The third kappa shape index (κ3) is 3.85. The summed E-state index contributed by atoms with van der Waals surface area (Å²) >= 11 is 6.23. The molecule has 0 spiro atoms. The van der Waals surface area contributed by atoms with Crippen LogP contribution in [0.2, 0.25) is 5.02 Å². The van der Waals surface area contributed by atoms with E-state index in [1.54, 1.807) is 18.2 Å². The van der Waals surface area contributed by atoms with Gasteiger partial charge in [0.15, 0.2) is 0 Å². The van der Waals surface area contributed by atoms with Gasteiger partial charge in [-0.3, -0.25) is 9.59 Å². The van der Waals surface area contributed by atoms with Crippen molar-refractivity contribution in [1.29, 1.82) is 0 Å². The Balaban J connectivity index is 1.85. The molecule has 0 aliphatic carbocycles. The summed E-state index contributed by atoms with van der Waals surface area (Å²) in [6, 6.07) is 16.0. The molecule has 0 unspecified atom stereocenters. The van der Waals surface area contributed by atoms with Crippen LogP contribution >= 0.6 is 11.6 Å². The zero-order valence-corrected chi connectivity index (χ0v) is 18.5. The Morgan fingerprint density at radius 1 is 0.969 bits per heavy atom. The fraction of sp³-hybridized carbons (Fsp3) is 0.120. The molecule has 3 aromatic carbocycles. The third-order valence-corrected chi connectivity index (χ3v) is 5.52. The molecule has 7 heteroatoms. The van der Waals surface area contributed by atoms with Gasteiger partial charge in [-0.05, 0) is 61.4 Å². The number of anilines is 2. The van der Waals surface area contributed by atoms with Crippen molar-refractivity contribution in [3.8, 4) is 5.75 Å². The number of hydrogen-bond acceptors (Lipinski definition) is 4. The van der Waals surface area contributed by atoms with Crippen molar-refractivity contribution in [3.63, 3.8) is 0 Å². The molecule has 0 radical (unpaired) electrons. The number of hydrogen-bond donors (Lipinski definition) is 1. The number of imide groups is 1. The van der Waals surface area contributed by atoms with Gasteiger partial charge in [-0.15, -0.1) is 0 Å². The maximum Gasteiger partial charge on any atom is 0.282 e. The summed E-state index contributed by atoms with van der Waals surface area (Å²) in [5.41, 5.74) is 3.46. The monoisotopic (exact) mass is 450 g/mol. The molecule has 0 saturated carbocycles. The molecule has 2 amide bonds. The molecule has 4 rings (SSSR count). The van der Waals surface area contributed by atoms with Crippen molar-refractivity contribution < 1.29 is 18.7 Å². The van der Waals surface area contributed by atoms with Crippen molar-refractivity contribution in [3.05, 3.63) is 93.9 Å². The van der Waals surface area contributed by atoms with Crippen LogP contribution in [0.25, 0.3) is 5.57 Å². The predicted octanol–water partition coefficient (Wildman–Crippen LogP) is 5.50. The zero-order valence-electron chi connectivity index (χ0n) is 17.7. The van der Waals surface area contributed by atoms with Crippen LogP contribution in [0.5, 0.6) is 5.75 Å². The first-order valence-corrected chi connectivity index (χ1v) is 10.2. The van der Waals surface area contributed by atoms with Gasteiger partial charge in [-0.2, -0.15) is 0 Å². The summed E-state index contributed by atoms with van der Waals surface area (Å²) in [4.78, 5) is 27.9. The Morgan fingerprint density at radius 2 is 1.75 bits per heavy atom. The van der Waals surface area contributed by atoms with E-state index in [0.717, 1.165) is 22.1 Å². The molecule has 0 fully saturated rings. The second kappa shape index (κ2) is 8.48. The summed E-state index contributed by atoms with van der Waals surface area (Å²) in [5, 5.41) is 3.40. The number of carbonyl (C=O) groups is 2. The second-order valence-corrected chi connectivity index (χ2v) is 7.88. The largest absolute Gasteiger partial charge is 0.495 e. The van der Waals surface area contributed by atoms with Gasteiger partial charge in [0, 0.05) is 5.69 Å². The number of aryl methyl sites for hydroxylation is 2. The SMILES string of the molecule is COc1ccc(NC2=C(c3ccc(C)cc3C)C(=O)N(c3cccc(F)c3)C2=O)cc1Cl. The van der Waals surface area contributed by atoms with Crippen LogP contribution < -0.4 is 15.0 Å². The highest BCUT2D eigenvalue weighted by Crippen LogP contribution is 2.36. The van der Waals surface area contributed by atoms with Crippen molar-refractivity contribution in [2.24, 2.45) is 0 Å². The quantitative estimate of drug-likeness (QED) is 0.521. The maximum absolute atomic E-state index is 13.9. The minimum atomic E-state index is -0.581. The molecule has 1 N–H and O–H groups in total. The fourth-order valence-electron chi connectivity index (χ4n) is 3.73. The lowest BCUT2D eigenvalue weighted by Crippen LogP contribution is -2.32. The van der Waals surface area contributed by atoms with Crippen molar-refractivity contribution in [2.75, 3.05) is 17.3 Å². The van der Waals surface area contributed by atoms with Gasteiger partial charge in [0.2, 0.25) is 0 Å². The minimum absolute atomic E-state index is 0.0902. The number of carbonyl (C=O) groups excluding carboxylic acids is 2. The minimum Gasteiger partial charge on any atom is -0.495 e. The lowest BCUT2D eigenvalue weighted by Gasteiger charge is -2.15. The zero-order chi connectivity index (χ0) is 23.0. The molecule has 32 heavy (non-hydrogen) atoms. The molecule has 1 aliphatic rings. The first-order chi connectivity index (χ1) is 15.3. The third-order valence-electron chi connectivity index (χ3n) is 5.22. The number of methoxy groups -OCH3 is 1. The first kappa shape index (κ1) is 21.6. The van der Waals surface area contributed by atoms with E-state index in [0.29, 0.717) is 22.0 Å². The van der Waals surface area contributed by atoms with E-state index >= 15 is 0 Å². The van der Waals surface area contributed by atoms with E-state index in [1.165, 1.54) is 25.3 Å². The summed E-state index contributed by atoms with van der Waals surface area (Å²) in [7, 11) is 1.51. The maximum atomic E-state index is 13.9. The smallest absolute Gasteiger partial charge is 0.282 e. The van der Waals surface area contributed by atoms with Crippen LogP contribution in [0.15, 0.2) is 66.4 Å². The number of amides is 2. The fourth-order valence-corrected chi connectivity index (χ4v) is 3.99. The van der Waals surface area contributed by atoms with E-state index in [2.05, 4.69) is 5.32 Å². The topological polar surface area (TPSA) is 58.6 Å². The van der Waals surface area contributed by atoms with E-state index in [4.69, 9.17) is 16.3 Å². The van der Waals surface area contributed by atoms with E-state index in [1.807, 2.05) is 32.0 Å². The van der Waals surface area contributed by atoms with Crippen molar-refractivity contribution >= 4 is 40.4 Å². The molecule has 5 nitrogen and oxygen atoms in total. The van der Waals surface area contributed by atoms with Gasteiger partial charge in [0.25, 0.3) is 11.8 Å². The first-order valence-electron chi connectivity index (χ1n) is 9.87. The number of benzene rings is 3. The van der Waals surface area contributed by atoms with E-state index in [-0.39, 0.29) is 17.0 Å². The Bertz CT molecular complexity index is 1290. The molecule has 1 heterocycles. The Labute approximate surface area is 190 Å². The number of nitrogens with zero attached hydrogens (tertiary/aromatic N) is 1. The Morgan fingerprint density at radius 3 is 2.41 bits per heavy atom. The molecule has 0 aromatic heterocycles. The summed E-state index contributed by atoms with van der Waals surface area (Å²) in [6.07, 6.45) is 0. The summed E-state index contributed by atoms with van der Waals surface area (Å²) < 4.78 is 19.0. The van der Waals surface area contributed by atoms with Crippen LogP contribution in [0.4, 0.5) is 15.8 Å². The van der Waals surface area contributed by atoms with Gasteiger partial charge >= 0.3 is 0 Å². The highest BCUT2D eigenvalue weighted by atomic mass is 35.5. The van der Waals surface area contributed by atoms with Gasteiger partial charge in [0.1, 0.15) is 17.3 Å². The van der Waals surface area contributed by atoms with Gasteiger partial charge in [-0.1, -0.05) is 41.4 Å². The lowest BCUT2D eigenvalue weighted by atomic mass is 9.97. The Kier molecular flexibility index (Phi) is 5.72. The standard InChI is InChI=1S/C25H20ClFN2O3/c1-14-7-9-19(15(2)11-14)22-23(28-17-8-10-21(32-3)20(26)13-17)25(31)29(24(22)30)18-6-4-5-16(27)12-18/h4-13,28H,1-3H3. The molecule has 1 aliphatic heterocycles. The van der Waals surface area contributed by atoms with Crippen LogP contribution in [-0.2, 0) is 9.59 Å². The average Bonchev–Trinajstić information content (AvgIpc) is 2.98. The van der Waals surface area contributed by atoms with Gasteiger partial charge < -0.3 is 10.1 Å². The number of rotatable bonds is 5. The molecule has 0 atom stereocenters. The van der Waals surface area contributed by atoms with Crippen LogP contribution in [0.3, 0.4) is 0 Å². The average molecular weight is 451 g/mol. The van der Waals surface area contributed by atoms with Crippen LogP contribution in [0, 0.1) is 19.7 Å². The van der Waals surface area contributed by atoms with Crippen LogP contribution in [-0.4, -0.2) is 18.9 Å². The summed E-state index contributed by atoms with van der Waals surface area (Å²) in [6.45, 7) is 3.82.